The average molecular weight is 335 g/mol. The van der Waals surface area contributed by atoms with E-state index in [4.69, 9.17) is 0 Å². The van der Waals surface area contributed by atoms with Crippen molar-refractivity contribution in [3.63, 3.8) is 0 Å². The molecule has 5 heteroatoms. The van der Waals surface area contributed by atoms with Crippen LogP contribution in [-0.4, -0.2) is 56.0 Å². The number of amides is 1. The molecule has 0 saturated carbocycles. The second-order valence-corrected chi connectivity index (χ2v) is 7.01. The van der Waals surface area contributed by atoms with Gasteiger partial charge in [-0.25, -0.2) is 4.39 Å². The summed E-state index contributed by atoms with van der Waals surface area (Å²) in [4.78, 5) is 16.6. The lowest BCUT2D eigenvalue weighted by Gasteiger charge is -2.32. The van der Waals surface area contributed by atoms with Crippen LogP contribution < -0.4 is 5.32 Å². The summed E-state index contributed by atoms with van der Waals surface area (Å²) in [7, 11) is 4.24. The molecular weight excluding hydrogens is 305 g/mol. The van der Waals surface area contributed by atoms with Gasteiger partial charge in [-0.2, -0.15) is 0 Å². The topological polar surface area (TPSA) is 35.6 Å². The van der Waals surface area contributed by atoms with E-state index in [0.717, 1.165) is 32.1 Å². The number of halogens is 1. The summed E-state index contributed by atoms with van der Waals surface area (Å²) >= 11 is 0. The molecule has 1 heterocycles. The van der Waals surface area contributed by atoms with Crippen LogP contribution in [0.1, 0.15) is 32.1 Å². The van der Waals surface area contributed by atoms with Crippen molar-refractivity contribution in [1.29, 1.82) is 0 Å². The van der Waals surface area contributed by atoms with Gasteiger partial charge in [0.2, 0.25) is 5.91 Å². The van der Waals surface area contributed by atoms with Gasteiger partial charge in [0.1, 0.15) is 5.82 Å². The number of rotatable bonds is 8. The van der Waals surface area contributed by atoms with Crippen LogP contribution in [0.5, 0.6) is 0 Å². The van der Waals surface area contributed by atoms with Gasteiger partial charge in [-0.05, 0) is 77.5 Å². The maximum absolute atomic E-state index is 13.5. The highest BCUT2D eigenvalue weighted by Gasteiger charge is 2.19. The third kappa shape index (κ3) is 6.57. The van der Waals surface area contributed by atoms with Crippen molar-refractivity contribution in [2.45, 2.75) is 32.1 Å². The molecule has 4 nitrogen and oxygen atoms in total. The van der Waals surface area contributed by atoms with Gasteiger partial charge in [-0.15, -0.1) is 0 Å². The molecule has 1 amide bonds. The summed E-state index contributed by atoms with van der Waals surface area (Å²) in [6, 6.07) is 6.29. The molecule has 1 aliphatic rings. The van der Waals surface area contributed by atoms with E-state index in [1.165, 1.54) is 31.7 Å². The van der Waals surface area contributed by atoms with Crippen molar-refractivity contribution in [3.05, 3.63) is 30.1 Å². The number of para-hydroxylation sites is 1. The number of hydrogen-bond donors (Lipinski definition) is 1. The minimum absolute atomic E-state index is 0.117. The molecule has 134 valence electrons. The number of benzene rings is 1. The number of nitrogens with one attached hydrogen (secondary N) is 1. The third-order valence-electron chi connectivity index (χ3n) is 4.73. The molecule has 1 N–H and O–H groups in total. The summed E-state index contributed by atoms with van der Waals surface area (Å²) < 4.78 is 13.5. The molecule has 0 unspecified atom stereocenters. The van der Waals surface area contributed by atoms with E-state index < -0.39 is 0 Å². The molecule has 2 rings (SSSR count). The van der Waals surface area contributed by atoms with E-state index >= 15 is 0 Å². The quantitative estimate of drug-likeness (QED) is 0.792. The first-order chi connectivity index (χ1) is 11.5. The fraction of sp³-hybridized carbons (Fsp3) is 0.632. The number of anilines is 1. The van der Waals surface area contributed by atoms with Crippen LogP contribution in [-0.2, 0) is 4.79 Å². The maximum atomic E-state index is 13.5. The summed E-state index contributed by atoms with van der Waals surface area (Å²) in [6.07, 6.45) is 5.44. The van der Waals surface area contributed by atoms with E-state index in [0.29, 0.717) is 6.42 Å². The first-order valence-electron chi connectivity index (χ1n) is 8.96. The standard InChI is InChI=1S/C19H30FN3O/c1-22(2)12-5-6-16-9-13-23(14-10-16)15-11-19(24)21-18-8-4-3-7-17(18)20/h3-4,7-8,16H,5-6,9-15H2,1-2H3,(H,21,24). The molecule has 0 spiro atoms. The van der Waals surface area contributed by atoms with Crippen molar-refractivity contribution >= 4 is 11.6 Å². The fourth-order valence-electron chi connectivity index (χ4n) is 3.23. The molecule has 1 fully saturated rings. The Hall–Kier alpha value is -1.46. The Kier molecular flexibility index (Phi) is 7.66. The molecular formula is C19H30FN3O. The van der Waals surface area contributed by atoms with Crippen molar-refractivity contribution in [1.82, 2.24) is 9.80 Å². The smallest absolute Gasteiger partial charge is 0.225 e. The fourth-order valence-corrected chi connectivity index (χ4v) is 3.23. The van der Waals surface area contributed by atoms with Crippen molar-refractivity contribution in [3.8, 4) is 0 Å². The molecule has 1 aromatic rings. The highest BCUT2D eigenvalue weighted by molar-refractivity contribution is 5.90. The Morgan fingerprint density at radius 2 is 2.00 bits per heavy atom. The van der Waals surface area contributed by atoms with Crippen LogP contribution in [0.15, 0.2) is 24.3 Å². The van der Waals surface area contributed by atoms with Gasteiger partial charge < -0.3 is 15.1 Å². The SMILES string of the molecule is CN(C)CCCC1CCN(CCC(=O)Nc2ccccc2F)CC1. The van der Waals surface area contributed by atoms with Crippen LogP contribution in [0.2, 0.25) is 0 Å². The molecule has 1 saturated heterocycles. The zero-order chi connectivity index (χ0) is 17.4. The van der Waals surface area contributed by atoms with Gasteiger partial charge in [0, 0.05) is 13.0 Å². The van der Waals surface area contributed by atoms with Crippen molar-refractivity contribution in [2.75, 3.05) is 45.6 Å². The minimum atomic E-state index is -0.385. The lowest BCUT2D eigenvalue weighted by atomic mass is 9.92. The monoisotopic (exact) mass is 335 g/mol. The number of carbonyl (C=O) groups excluding carboxylic acids is 1. The molecule has 0 aromatic heterocycles. The van der Waals surface area contributed by atoms with Crippen LogP contribution >= 0.6 is 0 Å². The van der Waals surface area contributed by atoms with E-state index in [9.17, 15) is 9.18 Å². The molecule has 1 aromatic carbocycles. The largest absolute Gasteiger partial charge is 0.324 e. The van der Waals surface area contributed by atoms with Gasteiger partial charge in [0.05, 0.1) is 5.69 Å². The summed E-state index contributed by atoms with van der Waals surface area (Å²) in [5.41, 5.74) is 0.266. The van der Waals surface area contributed by atoms with Crippen molar-refractivity contribution < 1.29 is 9.18 Å². The van der Waals surface area contributed by atoms with Gasteiger partial charge in [-0.3, -0.25) is 4.79 Å². The Balaban J connectivity index is 1.62. The summed E-state index contributed by atoms with van der Waals surface area (Å²) in [5.74, 6) is 0.325. The van der Waals surface area contributed by atoms with Crippen LogP contribution in [0.4, 0.5) is 10.1 Å². The van der Waals surface area contributed by atoms with E-state index in [2.05, 4.69) is 29.2 Å². The highest BCUT2D eigenvalue weighted by Crippen LogP contribution is 2.22. The number of nitrogens with zero attached hydrogens (tertiary/aromatic N) is 2. The second-order valence-electron chi connectivity index (χ2n) is 7.01. The molecule has 0 radical (unpaired) electrons. The number of hydrogen-bond acceptors (Lipinski definition) is 3. The van der Waals surface area contributed by atoms with Crippen LogP contribution in [0.3, 0.4) is 0 Å². The maximum Gasteiger partial charge on any atom is 0.225 e. The first-order valence-corrected chi connectivity index (χ1v) is 8.96. The number of carbonyl (C=O) groups is 1. The normalized spacial score (nSPS) is 16.5. The highest BCUT2D eigenvalue weighted by atomic mass is 19.1. The Bertz CT molecular complexity index is 513. The third-order valence-corrected chi connectivity index (χ3v) is 4.73. The number of piperidine rings is 1. The van der Waals surface area contributed by atoms with Crippen LogP contribution in [0.25, 0.3) is 0 Å². The number of likely N-dealkylation sites (tertiary alicyclic amines) is 1. The lowest BCUT2D eigenvalue weighted by Crippen LogP contribution is -2.36. The Morgan fingerprint density at radius 3 is 2.67 bits per heavy atom. The Morgan fingerprint density at radius 1 is 1.29 bits per heavy atom. The first kappa shape index (κ1) is 18.9. The molecule has 0 aliphatic carbocycles. The van der Waals surface area contributed by atoms with Gasteiger partial charge in [0.25, 0.3) is 0 Å². The van der Waals surface area contributed by atoms with Gasteiger partial charge >= 0.3 is 0 Å². The van der Waals surface area contributed by atoms with Gasteiger partial charge in [-0.1, -0.05) is 12.1 Å². The van der Waals surface area contributed by atoms with E-state index in [-0.39, 0.29) is 17.4 Å². The molecule has 0 bridgehead atoms. The Labute approximate surface area is 145 Å². The predicted octanol–water partition coefficient (Wildman–Crippen LogP) is 3.21. The van der Waals surface area contributed by atoms with Gasteiger partial charge in [0.15, 0.2) is 0 Å². The minimum Gasteiger partial charge on any atom is -0.324 e. The predicted molar refractivity (Wildman–Crippen MR) is 96.6 cm³/mol. The second kappa shape index (κ2) is 9.74. The molecule has 24 heavy (non-hydrogen) atoms. The van der Waals surface area contributed by atoms with E-state index in [1.54, 1.807) is 18.2 Å². The molecule has 1 aliphatic heterocycles. The lowest BCUT2D eigenvalue weighted by molar-refractivity contribution is -0.116. The average Bonchev–Trinajstić information content (AvgIpc) is 2.56. The molecule has 0 atom stereocenters. The van der Waals surface area contributed by atoms with Crippen LogP contribution in [0, 0.1) is 11.7 Å². The van der Waals surface area contributed by atoms with E-state index in [1.807, 2.05) is 0 Å². The zero-order valence-electron chi connectivity index (χ0n) is 14.9. The zero-order valence-corrected chi connectivity index (χ0v) is 14.9. The van der Waals surface area contributed by atoms with Crippen molar-refractivity contribution in [2.24, 2.45) is 5.92 Å². The summed E-state index contributed by atoms with van der Waals surface area (Å²) in [6.45, 7) is 4.06. The summed E-state index contributed by atoms with van der Waals surface area (Å²) in [5, 5.41) is 2.65.